The molecule has 176 valence electrons. The Bertz CT molecular complexity index is 1350. The normalized spacial score (nSPS) is 10.8. The first kappa shape index (κ1) is 22.8. The molecule has 2 aromatic heterocycles. The van der Waals surface area contributed by atoms with Gasteiger partial charge in [-0.1, -0.05) is 23.3 Å². The van der Waals surface area contributed by atoms with Crippen molar-refractivity contribution in [3.63, 3.8) is 0 Å². The van der Waals surface area contributed by atoms with Gasteiger partial charge in [0.25, 0.3) is 5.91 Å². The smallest absolute Gasteiger partial charge is 0.349 e. The maximum absolute atomic E-state index is 12.7. The average molecular weight is 465 g/mol. The molecule has 4 aromatic rings. The van der Waals surface area contributed by atoms with Gasteiger partial charge in [0.1, 0.15) is 11.1 Å². The van der Waals surface area contributed by atoms with E-state index in [1.807, 2.05) is 20.8 Å². The standard InChI is InChI=1S/C24H23N3O7/c1-4-30-18-12-15(13-19(31-5-2)20(18)32-6-3)22-26-27-24(34-22)25-21(28)16-11-14-9-7-8-10-17(14)33-23(16)29/h7-13H,4-6H2,1-3H3,(H,25,27,28). The van der Waals surface area contributed by atoms with Gasteiger partial charge in [0.2, 0.25) is 11.6 Å². The van der Waals surface area contributed by atoms with Crippen LogP contribution in [0.4, 0.5) is 6.01 Å². The third kappa shape index (κ3) is 4.70. The van der Waals surface area contributed by atoms with Crippen molar-refractivity contribution in [2.45, 2.75) is 20.8 Å². The molecule has 0 aliphatic rings. The van der Waals surface area contributed by atoms with Crippen LogP contribution in [-0.4, -0.2) is 35.9 Å². The quantitative estimate of drug-likeness (QED) is 0.360. The largest absolute Gasteiger partial charge is 0.490 e. The highest BCUT2D eigenvalue weighted by Gasteiger charge is 2.21. The minimum atomic E-state index is -0.773. The summed E-state index contributed by atoms with van der Waals surface area (Å²) in [5.74, 6) is 0.786. The highest BCUT2D eigenvalue weighted by molar-refractivity contribution is 6.04. The van der Waals surface area contributed by atoms with Gasteiger partial charge in [-0.05, 0) is 45.0 Å². The summed E-state index contributed by atoms with van der Waals surface area (Å²) in [6.07, 6.45) is 0. The Balaban J connectivity index is 1.62. The van der Waals surface area contributed by atoms with E-state index in [2.05, 4.69) is 15.5 Å². The number of anilines is 1. The van der Waals surface area contributed by atoms with Crippen molar-refractivity contribution >= 4 is 22.9 Å². The summed E-state index contributed by atoms with van der Waals surface area (Å²) < 4.78 is 27.9. The van der Waals surface area contributed by atoms with Crippen molar-refractivity contribution in [1.29, 1.82) is 0 Å². The molecule has 2 aromatic carbocycles. The van der Waals surface area contributed by atoms with E-state index in [9.17, 15) is 9.59 Å². The Morgan fingerprint density at radius 3 is 2.26 bits per heavy atom. The predicted molar refractivity (Wildman–Crippen MR) is 124 cm³/mol. The number of hydrogen-bond acceptors (Lipinski definition) is 9. The van der Waals surface area contributed by atoms with Crippen LogP contribution in [0.1, 0.15) is 31.1 Å². The van der Waals surface area contributed by atoms with Gasteiger partial charge in [-0.25, -0.2) is 4.79 Å². The number of nitrogens with one attached hydrogen (secondary N) is 1. The number of carbonyl (C=O) groups is 1. The number of ether oxygens (including phenoxy) is 3. The summed E-state index contributed by atoms with van der Waals surface area (Å²) in [6, 6.07) is 11.5. The maximum atomic E-state index is 12.7. The lowest BCUT2D eigenvalue weighted by molar-refractivity contribution is 0.102. The molecule has 0 radical (unpaired) electrons. The number of aromatic nitrogens is 2. The van der Waals surface area contributed by atoms with Gasteiger partial charge >= 0.3 is 11.6 Å². The number of amides is 1. The molecular formula is C24H23N3O7. The molecule has 0 saturated carbocycles. The monoisotopic (exact) mass is 465 g/mol. The number of carbonyl (C=O) groups excluding carboxylic acids is 1. The molecule has 2 heterocycles. The molecule has 0 atom stereocenters. The van der Waals surface area contributed by atoms with E-state index in [1.165, 1.54) is 6.07 Å². The molecule has 0 spiro atoms. The maximum Gasteiger partial charge on any atom is 0.349 e. The zero-order chi connectivity index (χ0) is 24.1. The zero-order valence-electron chi connectivity index (χ0n) is 18.9. The van der Waals surface area contributed by atoms with Crippen LogP contribution in [0.5, 0.6) is 17.2 Å². The first-order chi connectivity index (χ1) is 16.5. The molecule has 1 amide bonds. The van der Waals surface area contributed by atoms with Crippen LogP contribution in [-0.2, 0) is 0 Å². The van der Waals surface area contributed by atoms with Crippen molar-refractivity contribution in [1.82, 2.24) is 10.2 Å². The van der Waals surface area contributed by atoms with Crippen molar-refractivity contribution in [3.05, 3.63) is 58.4 Å². The van der Waals surface area contributed by atoms with Gasteiger partial charge < -0.3 is 23.0 Å². The van der Waals surface area contributed by atoms with Crippen molar-refractivity contribution in [2.75, 3.05) is 25.1 Å². The summed E-state index contributed by atoms with van der Waals surface area (Å²) in [6.45, 7) is 6.82. The van der Waals surface area contributed by atoms with Gasteiger partial charge in [-0.2, -0.15) is 0 Å². The second-order valence-corrected chi connectivity index (χ2v) is 6.95. The van der Waals surface area contributed by atoms with Crippen LogP contribution >= 0.6 is 0 Å². The fourth-order valence-corrected chi connectivity index (χ4v) is 3.29. The van der Waals surface area contributed by atoms with Crippen LogP contribution in [0.3, 0.4) is 0 Å². The van der Waals surface area contributed by atoms with Gasteiger partial charge in [0.05, 0.1) is 19.8 Å². The van der Waals surface area contributed by atoms with Gasteiger partial charge in [0, 0.05) is 10.9 Å². The summed E-state index contributed by atoms with van der Waals surface area (Å²) in [5.41, 5.74) is -0.0645. The molecule has 0 unspecified atom stereocenters. The molecule has 34 heavy (non-hydrogen) atoms. The third-order valence-electron chi connectivity index (χ3n) is 4.69. The van der Waals surface area contributed by atoms with E-state index in [4.69, 9.17) is 23.0 Å². The Morgan fingerprint density at radius 1 is 0.912 bits per heavy atom. The first-order valence-electron chi connectivity index (χ1n) is 10.8. The van der Waals surface area contributed by atoms with E-state index in [0.717, 1.165) is 0 Å². The fourth-order valence-electron chi connectivity index (χ4n) is 3.29. The lowest BCUT2D eigenvalue weighted by Crippen LogP contribution is -2.20. The summed E-state index contributed by atoms with van der Waals surface area (Å²) in [4.78, 5) is 24.9. The Labute approximate surface area is 194 Å². The highest BCUT2D eigenvalue weighted by atomic mass is 16.5. The van der Waals surface area contributed by atoms with E-state index in [1.54, 1.807) is 36.4 Å². The van der Waals surface area contributed by atoms with Crippen LogP contribution in [0.15, 0.2) is 56.1 Å². The number of hydrogen-bond donors (Lipinski definition) is 1. The fraction of sp³-hybridized carbons (Fsp3) is 0.250. The molecular weight excluding hydrogens is 442 g/mol. The van der Waals surface area contributed by atoms with Crippen LogP contribution in [0.25, 0.3) is 22.4 Å². The van der Waals surface area contributed by atoms with Gasteiger partial charge in [0.15, 0.2) is 11.5 Å². The lowest BCUT2D eigenvalue weighted by Gasteiger charge is -2.16. The van der Waals surface area contributed by atoms with E-state index in [-0.39, 0.29) is 17.5 Å². The Hall–Kier alpha value is -4.34. The van der Waals surface area contributed by atoms with Crippen LogP contribution in [0.2, 0.25) is 0 Å². The third-order valence-corrected chi connectivity index (χ3v) is 4.69. The second kappa shape index (κ2) is 10.1. The van der Waals surface area contributed by atoms with Crippen molar-refractivity contribution in [2.24, 2.45) is 0 Å². The topological polar surface area (TPSA) is 126 Å². The molecule has 4 rings (SSSR count). The van der Waals surface area contributed by atoms with Crippen molar-refractivity contribution < 1.29 is 27.8 Å². The van der Waals surface area contributed by atoms with Gasteiger partial charge in [-0.15, -0.1) is 5.10 Å². The highest BCUT2D eigenvalue weighted by Crippen LogP contribution is 2.41. The molecule has 10 heteroatoms. The molecule has 1 N–H and O–H groups in total. The number of benzene rings is 2. The summed E-state index contributed by atoms with van der Waals surface area (Å²) in [7, 11) is 0. The first-order valence-corrected chi connectivity index (χ1v) is 10.8. The second-order valence-electron chi connectivity index (χ2n) is 6.95. The summed E-state index contributed by atoms with van der Waals surface area (Å²) in [5, 5.41) is 10.9. The van der Waals surface area contributed by atoms with E-state index < -0.39 is 11.5 Å². The number of rotatable bonds is 9. The van der Waals surface area contributed by atoms with Crippen LogP contribution < -0.4 is 25.2 Å². The lowest BCUT2D eigenvalue weighted by atomic mass is 10.2. The summed E-state index contributed by atoms with van der Waals surface area (Å²) >= 11 is 0. The Kier molecular flexibility index (Phi) is 6.77. The average Bonchev–Trinajstić information content (AvgIpc) is 3.29. The van der Waals surface area contributed by atoms with E-state index >= 15 is 0 Å². The van der Waals surface area contributed by atoms with Gasteiger partial charge in [-0.3, -0.25) is 10.1 Å². The Morgan fingerprint density at radius 2 is 1.59 bits per heavy atom. The number of para-hydroxylation sites is 1. The zero-order valence-corrected chi connectivity index (χ0v) is 18.9. The molecule has 0 aliphatic carbocycles. The van der Waals surface area contributed by atoms with E-state index in [0.29, 0.717) is 53.6 Å². The predicted octanol–water partition coefficient (Wildman–Crippen LogP) is 4.29. The minimum absolute atomic E-state index is 0.116. The van der Waals surface area contributed by atoms with Crippen LogP contribution in [0, 0.1) is 0 Å². The molecule has 0 aliphatic heterocycles. The molecule has 10 nitrogen and oxygen atoms in total. The molecule has 0 bridgehead atoms. The molecule has 0 saturated heterocycles. The minimum Gasteiger partial charge on any atom is -0.490 e. The molecule has 0 fully saturated rings. The van der Waals surface area contributed by atoms with Crippen molar-refractivity contribution in [3.8, 4) is 28.7 Å². The SMILES string of the molecule is CCOc1cc(-c2nnc(NC(=O)c3cc4ccccc4oc3=O)o2)cc(OCC)c1OCC. The number of fused-ring (bicyclic) bond motifs is 1. The number of nitrogens with zero attached hydrogens (tertiary/aromatic N) is 2.